The van der Waals surface area contributed by atoms with Crippen molar-refractivity contribution in [3.05, 3.63) is 45.7 Å². The first-order chi connectivity index (χ1) is 13.4. The first kappa shape index (κ1) is 19.8. The van der Waals surface area contributed by atoms with Gasteiger partial charge in [0.2, 0.25) is 0 Å². The smallest absolute Gasteiger partial charge is 0.376 e. The second kappa shape index (κ2) is 7.73. The molecule has 1 fully saturated rings. The maximum absolute atomic E-state index is 15.5. The van der Waals surface area contributed by atoms with Crippen molar-refractivity contribution in [2.45, 2.75) is 19.4 Å². The van der Waals surface area contributed by atoms with Crippen molar-refractivity contribution < 1.29 is 19.3 Å². The Hall–Kier alpha value is -1.51. The van der Waals surface area contributed by atoms with E-state index in [0.717, 1.165) is 13.1 Å². The molecule has 0 bridgehead atoms. The Bertz CT molecular complexity index is 895. The SMILES string of the molecule is CB(O)N1CCN2Cc3cc(Cl)c(-c4c(O)cccc4Cl)c(F)c3OC[C@H]2C1. The van der Waals surface area contributed by atoms with Crippen molar-refractivity contribution in [3.8, 4) is 22.6 Å². The monoisotopic (exact) mass is 424 g/mol. The number of benzene rings is 2. The van der Waals surface area contributed by atoms with Gasteiger partial charge in [0, 0.05) is 42.9 Å². The predicted molar refractivity (Wildman–Crippen MR) is 109 cm³/mol. The Balaban J connectivity index is 1.73. The van der Waals surface area contributed by atoms with E-state index in [2.05, 4.69) is 4.90 Å². The van der Waals surface area contributed by atoms with Crippen LogP contribution in [0.5, 0.6) is 11.5 Å². The van der Waals surface area contributed by atoms with Crippen LogP contribution >= 0.6 is 23.2 Å². The fourth-order valence-corrected chi connectivity index (χ4v) is 4.51. The summed E-state index contributed by atoms with van der Waals surface area (Å²) in [6, 6.07) is 6.31. The number of rotatable bonds is 2. The molecule has 0 radical (unpaired) electrons. The van der Waals surface area contributed by atoms with E-state index in [1.807, 2.05) is 4.81 Å². The first-order valence-corrected chi connectivity index (χ1v) is 9.90. The molecule has 1 atom stereocenters. The Labute approximate surface area is 173 Å². The third-order valence-electron chi connectivity index (χ3n) is 5.45. The zero-order valence-corrected chi connectivity index (χ0v) is 16.8. The Morgan fingerprint density at radius 3 is 2.71 bits per heavy atom. The standard InChI is InChI=1S/C19H20BCl2FN2O3/c1-20(27)25-6-5-24-8-11-7-14(22)17(16-13(21)3-2-4-15(16)26)18(23)19(11)28-10-12(24)9-25/h2-4,7,12,26-27H,5-6,8-10H2,1H3/t12-/m1/s1. The predicted octanol–water partition coefficient (Wildman–Crippen LogP) is 3.49. The van der Waals surface area contributed by atoms with Crippen LogP contribution in [0.4, 0.5) is 4.39 Å². The molecule has 0 amide bonds. The molecule has 2 aliphatic heterocycles. The summed E-state index contributed by atoms with van der Waals surface area (Å²) in [6.07, 6.45) is 0. The second-order valence-electron chi connectivity index (χ2n) is 7.23. The minimum absolute atomic E-state index is 0.0334. The highest BCUT2D eigenvalue weighted by Gasteiger charge is 2.35. The zero-order chi connectivity index (χ0) is 20.0. The summed E-state index contributed by atoms with van der Waals surface area (Å²) in [6.45, 7) is 4.64. The highest BCUT2D eigenvalue weighted by Crippen LogP contribution is 2.45. The zero-order valence-electron chi connectivity index (χ0n) is 15.3. The number of hydrogen-bond donors (Lipinski definition) is 2. The highest BCUT2D eigenvalue weighted by molar-refractivity contribution is 6.45. The third kappa shape index (κ3) is 3.46. The van der Waals surface area contributed by atoms with Gasteiger partial charge in [0.1, 0.15) is 12.4 Å². The van der Waals surface area contributed by atoms with Crippen molar-refractivity contribution in [2.24, 2.45) is 0 Å². The van der Waals surface area contributed by atoms with Gasteiger partial charge in [-0.2, -0.15) is 0 Å². The molecule has 148 valence electrons. The van der Waals surface area contributed by atoms with Gasteiger partial charge in [0.05, 0.1) is 16.1 Å². The van der Waals surface area contributed by atoms with Crippen LogP contribution in [-0.4, -0.2) is 59.2 Å². The number of nitrogens with zero attached hydrogens (tertiary/aromatic N) is 2. The van der Waals surface area contributed by atoms with Gasteiger partial charge in [-0.05, 0) is 25.0 Å². The number of phenolic OH excluding ortho intramolecular Hbond substituents is 1. The van der Waals surface area contributed by atoms with Gasteiger partial charge < -0.3 is 19.7 Å². The molecular formula is C19H20BCl2FN2O3. The lowest BCUT2D eigenvalue weighted by atomic mass is 9.83. The van der Waals surface area contributed by atoms with Gasteiger partial charge in [-0.25, -0.2) is 4.39 Å². The Morgan fingerprint density at radius 2 is 2.00 bits per heavy atom. The molecule has 0 aromatic heterocycles. The van der Waals surface area contributed by atoms with Crippen LogP contribution in [0.3, 0.4) is 0 Å². The average molecular weight is 425 g/mol. The van der Waals surface area contributed by atoms with E-state index >= 15 is 4.39 Å². The first-order valence-electron chi connectivity index (χ1n) is 9.14. The number of hydrogen-bond acceptors (Lipinski definition) is 5. The van der Waals surface area contributed by atoms with Crippen LogP contribution in [0.2, 0.25) is 16.9 Å². The number of ether oxygens (including phenoxy) is 1. The lowest BCUT2D eigenvalue weighted by Crippen LogP contribution is -2.57. The average Bonchev–Trinajstić information content (AvgIpc) is 2.82. The summed E-state index contributed by atoms with van der Waals surface area (Å²) < 4.78 is 21.3. The van der Waals surface area contributed by atoms with E-state index in [1.54, 1.807) is 25.0 Å². The molecule has 5 nitrogen and oxygen atoms in total. The van der Waals surface area contributed by atoms with Crippen LogP contribution in [0, 0.1) is 5.82 Å². The van der Waals surface area contributed by atoms with Crippen LogP contribution in [0.15, 0.2) is 24.3 Å². The Morgan fingerprint density at radius 1 is 1.21 bits per heavy atom. The third-order valence-corrected chi connectivity index (χ3v) is 6.06. The summed E-state index contributed by atoms with van der Waals surface area (Å²) in [5.74, 6) is -0.637. The van der Waals surface area contributed by atoms with E-state index in [1.165, 1.54) is 6.07 Å². The maximum atomic E-state index is 15.5. The van der Waals surface area contributed by atoms with Gasteiger partial charge in [0.25, 0.3) is 0 Å². The van der Waals surface area contributed by atoms with Crippen molar-refractivity contribution in [2.75, 3.05) is 26.2 Å². The molecule has 0 spiro atoms. The van der Waals surface area contributed by atoms with Crippen molar-refractivity contribution in [1.29, 1.82) is 0 Å². The summed E-state index contributed by atoms with van der Waals surface area (Å²) in [7, 11) is -0.534. The number of piperazine rings is 1. The quantitative estimate of drug-likeness (QED) is 0.722. The summed E-state index contributed by atoms with van der Waals surface area (Å²) >= 11 is 12.6. The molecule has 4 rings (SSSR count). The molecule has 0 aliphatic carbocycles. The topological polar surface area (TPSA) is 56.2 Å². The molecule has 0 unspecified atom stereocenters. The lowest BCUT2D eigenvalue weighted by molar-refractivity contribution is 0.0781. The molecule has 2 N–H and O–H groups in total. The van der Waals surface area contributed by atoms with E-state index in [0.29, 0.717) is 25.3 Å². The molecule has 2 heterocycles. The van der Waals surface area contributed by atoms with Crippen molar-refractivity contribution in [1.82, 2.24) is 9.71 Å². The van der Waals surface area contributed by atoms with E-state index in [9.17, 15) is 10.1 Å². The molecule has 1 saturated heterocycles. The second-order valence-corrected chi connectivity index (χ2v) is 8.05. The van der Waals surface area contributed by atoms with Gasteiger partial charge in [0.15, 0.2) is 11.6 Å². The van der Waals surface area contributed by atoms with Crippen LogP contribution in [0.1, 0.15) is 5.56 Å². The van der Waals surface area contributed by atoms with E-state index in [4.69, 9.17) is 27.9 Å². The molecule has 2 aliphatic rings. The van der Waals surface area contributed by atoms with Crippen LogP contribution in [-0.2, 0) is 6.54 Å². The number of phenols is 1. The summed E-state index contributed by atoms with van der Waals surface area (Å²) in [5, 5.41) is 20.5. The molecule has 28 heavy (non-hydrogen) atoms. The normalized spacial score (nSPS) is 20.1. The summed E-state index contributed by atoms with van der Waals surface area (Å²) in [4.78, 5) is 4.18. The lowest BCUT2D eigenvalue weighted by Gasteiger charge is -2.40. The highest BCUT2D eigenvalue weighted by atomic mass is 35.5. The fourth-order valence-electron chi connectivity index (χ4n) is 3.93. The fraction of sp³-hybridized carbons (Fsp3) is 0.368. The largest absolute Gasteiger partial charge is 0.507 e. The van der Waals surface area contributed by atoms with Crippen molar-refractivity contribution >= 4 is 30.3 Å². The molecule has 2 aromatic carbocycles. The van der Waals surface area contributed by atoms with Gasteiger partial charge in [-0.15, -0.1) is 0 Å². The molecule has 0 saturated carbocycles. The maximum Gasteiger partial charge on any atom is 0.376 e. The minimum Gasteiger partial charge on any atom is -0.507 e. The van der Waals surface area contributed by atoms with Gasteiger partial charge in [-0.1, -0.05) is 29.3 Å². The number of halogens is 3. The number of aromatic hydroxyl groups is 1. The van der Waals surface area contributed by atoms with E-state index in [-0.39, 0.29) is 38.7 Å². The van der Waals surface area contributed by atoms with Crippen molar-refractivity contribution in [3.63, 3.8) is 0 Å². The van der Waals surface area contributed by atoms with Gasteiger partial charge >= 0.3 is 7.05 Å². The summed E-state index contributed by atoms with van der Waals surface area (Å²) in [5.41, 5.74) is 0.847. The molecule has 2 aromatic rings. The minimum atomic E-state index is -0.627. The molecule has 9 heteroatoms. The number of fused-ring (bicyclic) bond motifs is 2. The van der Waals surface area contributed by atoms with Crippen LogP contribution in [0.25, 0.3) is 11.1 Å². The molecular weight excluding hydrogens is 405 g/mol. The Kier molecular flexibility index (Phi) is 5.46. The van der Waals surface area contributed by atoms with Gasteiger partial charge in [-0.3, -0.25) is 4.90 Å². The van der Waals surface area contributed by atoms with E-state index < -0.39 is 12.9 Å². The van der Waals surface area contributed by atoms with Crippen LogP contribution < -0.4 is 4.74 Å².